The zero-order chi connectivity index (χ0) is 18.8. The van der Waals surface area contributed by atoms with Crippen LogP contribution in [0, 0.1) is 0 Å². The van der Waals surface area contributed by atoms with Crippen LogP contribution in [0.3, 0.4) is 0 Å². The number of aromatic hydroxyl groups is 1. The largest absolute Gasteiger partial charge is 0.508 e. The van der Waals surface area contributed by atoms with Crippen molar-refractivity contribution < 1.29 is 25.2 Å². The van der Waals surface area contributed by atoms with Gasteiger partial charge in [0.25, 0.3) is 0 Å². The maximum atomic E-state index is 10.2. The Hall–Kier alpha value is -2.56. The summed E-state index contributed by atoms with van der Waals surface area (Å²) in [5.41, 5.74) is 4.33. The van der Waals surface area contributed by atoms with Crippen LogP contribution in [0.15, 0.2) is 72.0 Å². The predicted octanol–water partition coefficient (Wildman–Crippen LogP) is 2.72. The second-order valence-electron chi connectivity index (χ2n) is 5.94. The van der Waals surface area contributed by atoms with Gasteiger partial charge in [-0.2, -0.15) is 0 Å². The summed E-state index contributed by atoms with van der Waals surface area (Å²) in [4.78, 5) is 0. The molecular formula is C21H24O5. The van der Waals surface area contributed by atoms with Crippen molar-refractivity contribution in [3.63, 3.8) is 0 Å². The molecule has 0 saturated carbocycles. The van der Waals surface area contributed by atoms with Crippen molar-refractivity contribution in [3.8, 4) is 11.5 Å². The van der Waals surface area contributed by atoms with Crippen LogP contribution in [0.25, 0.3) is 0 Å². The van der Waals surface area contributed by atoms with Gasteiger partial charge in [0.05, 0.1) is 18.8 Å². The average Bonchev–Trinajstić information content (AvgIpc) is 2.66. The Labute approximate surface area is 153 Å². The molecule has 0 bridgehead atoms. The highest BCUT2D eigenvalue weighted by molar-refractivity contribution is 5.29. The van der Waals surface area contributed by atoms with E-state index >= 15 is 0 Å². The molecule has 5 heteroatoms. The highest BCUT2D eigenvalue weighted by Gasteiger charge is 2.08. The lowest BCUT2D eigenvalue weighted by Gasteiger charge is -2.11. The average molecular weight is 356 g/mol. The Kier molecular flexibility index (Phi) is 7.93. The van der Waals surface area contributed by atoms with E-state index in [9.17, 15) is 15.3 Å². The van der Waals surface area contributed by atoms with Gasteiger partial charge < -0.3 is 25.2 Å². The minimum atomic E-state index is -0.888. The second kappa shape index (κ2) is 10.4. The predicted molar refractivity (Wildman–Crippen MR) is 98.9 cm³/mol. The number of aliphatic hydroxyl groups is 3. The summed E-state index contributed by atoms with van der Waals surface area (Å²) < 4.78 is 5.66. The lowest BCUT2D eigenvalue weighted by Crippen LogP contribution is -2.15. The van der Waals surface area contributed by atoms with E-state index in [1.807, 2.05) is 30.3 Å². The van der Waals surface area contributed by atoms with Crippen LogP contribution in [-0.4, -0.2) is 39.7 Å². The Bertz CT molecular complexity index is 735. The van der Waals surface area contributed by atoms with Crippen molar-refractivity contribution in [2.75, 3.05) is 13.2 Å². The first-order chi connectivity index (χ1) is 12.6. The smallest absolute Gasteiger partial charge is 0.119 e. The summed E-state index contributed by atoms with van der Waals surface area (Å²) >= 11 is 0. The molecule has 0 aliphatic heterocycles. The van der Waals surface area contributed by atoms with Crippen LogP contribution >= 0.6 is 0 Å². The molecule has 0 aliphatic carbocycles. The molecule has 4 N–H and O–H groups in total. The fourth-order valence-corrected chi connectivity index (χ4v) is 2.38. The van der Waals surface area contributed by atoms with Crippen LogP contribution < -0.4 is 4.74 Å². The number of ether oxygens (including phenoxy) is 1. The van der Waals surface area contributed by atoms with Crippen molar-refractivity contribution >= 4 is 0 Å². The quantitative estimate of drug-likeness (QED) is 0.519. The van der Waals surface area contributed by atoms with Crippen LogP contribution in [0.5, 0.6) is 11.5 Å². The van der Waals surface area contributed by atoms with E-state index in [2.05, 4.69) is 5.73 Å². The van der Waals surface area contributed by atoms with Gasteiger partial charge in [-0.3, -0.25) is 0 Å². The van der Waals surface area contributed by atoms with E-state index in [4.69, 9.17) is 9.84 Å². The summed E-state index contributed by atoms with van der Waals surface area (Å²) in [7, 11) is 0. The molecule has 0 spiro atoms. The topological polar surface area (TPSA) is 90.2 Å². The van der Waals surface area contributed by atoms with Crippen LogP contribution in [0.2, 0.25) is 0 Å². The number of aliphatic hydroxyl groups excluding tert-OH is 3. The van der Waals surface area contributed by atoms with Gasteiger partial charge in [0, 0.05) is 18.4 Å². The van der Waals surface area contributed by atoms with Crippen molar-refractivity contribution in [3.05, 3.63) is 77.5 Å². The van der Waals surface area contributed by atoms with Crippen molar-refractivity contribution in [2.45, 2.75) is 25.0 Å². The van der Waals surface area contributed by atoms with Gasteiger partial charge >= 0.3 is 0 Å². The minimum absolute atomic E-state index is 0.101. The number of benzene rings is 2. The maximum Gasteiger partial charge on any atom is 0.119 e. The second-order valence-corrected chi connectivity index (χ2v) is 5.94. The van der Waals surface area contributed by atoms with E-state index in [0.717, 1.165) is 0 Å². The standard InChI is InChI=1S/C21H24O5/c22-14-19(24)12-16(15-26-20-9-2-1-3-10-20)6-4-11-21(25)17-7-5-8-18(23)13-17/h1-5,7-10,13,19,21-25H,11-12,14-15H2/t6?,19-,21-/m1/s1. The van der Waals surface area contributed by atoms with Crippen molar-refractivity contribution in [2.24, 2.45) is 0 Å². The Balaban J connectivity index is 2.03. The third-order valence-electron chi connectivity index (χ3n) is 3.75. The third kappa shape index (κ3) is 6.75. The molecule has 138 valence electrons. The molecule has 0 heterocycles. The first-order valence-electron chi connectivity index (χ1n) is 8.45. The molecule has 0 unspecified atom stereocenters. The maximum absolute atomic E-state index is 10.2. The van der Waals surface area contributed by atoms with Gasteiger partial charge in [-0.15, -0.1) is 5.73 Å². The highest BCUT2D eigenvalue weighted by atomic mass is 16.5. The monoisotopic (exact) mass is 356 g/mol. The van der Waals surface area contributed by atoms with E-state index in [0.29, 0.717) is 23.3 Å². The van der Waals surface area contributed by atoms with Crippen LogP contribution in [0.4, 0.5) is 0 Å². The van der Waals surface area contributed by atoms with E-state index in [1.54, 1.807) is 24.3 Å². The molecule has 2 aromatic carbocycles. The molecule has 26 heavy (non-hydrogen) atoms. The summed E-state index contributed by atoms with van der Waals surface area (Å²) in [5.74, 6) is 0.800. The molecule has 2 aromatic rings. The molecule has 0 fully saturated rings. The summed E-state index contributed by atoms with van der Waals surface area (Å²) in [6.45, 7) is -0.123. The molecular weight excluding hydrogens is 332 g/mol. The SMILES string of the molecule is OC[C@H](O)CC(=C=CC[C@@H](O)c1cccc(O)c1)COc1ccccc1. The Morgan fingerprint density at radius 1 is 1.08 bits per heavy atom. The highest BCUT2D eigenvalue weighted by Crippen LogP contribution is 2.21. The lowest BCUT2D eigenvalue weighted by molar-refractivity contribution is 0.0934. The van der Waals surface area contributed by atoms with Crippen molar-refractivity contribution in [1.29, 1.82) is 0 Å². The summed E-state index contributed by atoms with van der Waals surface area (Å²) in [6.07, 6.45) is 0.535. The number of para-hydroxylation sites is 1. The van der Waals surface area contributed by atoms with Gasteiger partial charge in [-0.1, -0.05) is 30.3 Å². The Morgan fingerprint density at radius 2 is 1.85 bits per heavy atom. The Morgan fingerprint density at radius 3 is 2.54 bits per heavy atom. The van der Waals surface area contributed by atoms with Gasteiger partial charge in [0.15, 0.2) is 0 Å². The van der Waals surface area contributed by atoms with Gasteiger partial charge in [0.1, 0.15) is 18.1 Å². The number of hydrogen-bond donors (Lipinski definition) is 4. The van der Waals surface area contributed by atoms with Crippen molar-refractivity contribution in [1.82, 2.24) is 0 Å². The number of phenolic OH excluding ortho intramolecular Hbond substituents is 1. The van der Waals surface area contributed by atoms with E-state index in [-0.39, 0.29) is 25.4 Å². The number of hydrogen-bond acceptors (Lipinski definition) is 5. The third-order valence-corrected chi connectivity index (χ3v) is 3.75. The van der Waals surface area contributed by atoms with E-state index < -0.39 is 12.2 Å². The lowest BCUT2D eigenvalue weighted by atomic mass is 10.1. The van der Waals surface area contributed by atoms with Gasteiger partial charge in [0.2, 0.25) is 0 Å². The van der Waals surface area contributed by atoms with Crippen LogP contribution in [0.1, 0.15) is 24.5 Å². The van der Waals surface area contributed by atoms with Gasteiger partial charge in [-0.05, 0) is 35.9 Å². The molecule has 5 nitrogen and oxygen atoms in total. The molecule has 0 saturated heterocycles. The molecule has 2 rings (SSSR count). The van der Waals surface area contributed by atoms with Gasteiger partial charge in [-0.25, -0.2) is 0 Å². The fourth-order valence-electron chi connectivity index (χ4n) is 2.38. The zero-order valence-corrected chi connectivity index (χ0v) is 14.5. The normalized spacial score (nSPS) is 12.7. The zero-order valence-electron chi connectivity index (χ0n) is 14.5. The van der Waals surface area contributed by atoms with Crippen LogP contribution in [-0.2, 0) is 0 Å². The molecule has 2 atom stereocenters. The summed E-state index contributed by atoms with van der Waals surface area (Å²) in [6, 6.07) is 15.7. The first-order valence-corrected chi connectivity index (χ1v) is 8.45. The number of phenols is 1. The fraction of sp³-hybridized carbons (Fsp3) is 0.286. The first kappa shape index (κ1) is 19.8. The number of rotatable bonds is 9. The molecule has 0 radical (unpaired) electrons. The molecule has 0 aliphatic rings. The molecule has 0 amide bonds. The molecule has 0 aromatic heterocycles. The van der Waals surface area contributed by atoms with E-state index in [1.165, 1.54) is 6.07 Å². The summed E-state index contributed by atoms with van der Waals surface area (Å²) in [5, 5.41) is 38.4. The minimum Gasteiger partial charge on any atom is -0.508 e.